The van der Waals surface area contributed by atoms with Gasteiger partial charge in [0.15, 0.2) is 6.10 Å². The number of imide groups is 1. The first-order valence-electron chi connectivity index (χ1n) is 9.55. The highest BCUT2D eigenvalue weighted by Crippen LogP contribution is 2.49. The minimum absolute atomic E-state index is 0.142. The summed E-state index contributed by atoms with van der Waals surface area (Å²) in [5, 5.41) is 1.92. The number of hydrogen-bond acceptors (Lipinski definition) is 4. The zero-order valence-electron chi connectivity index (χ0n) is 15.9. The zero-order chi connectivity index (χ0) is 21.7. The van der Waals surface area contributed by atoms with Crippen molar-refractivity contribution in [3.05, 3.63) is 94.2 Å². The van der Waals surface area contributed by atoms with E-state index in [1.165, 1.54) is 12.1 Å². The van der Waals surface area contributed by atoms with E-state index in [0.717, 1.165) is 4.90 Å². The fraction of sp³-hybridized carbons (Fsp3) is 0.130. The summed E-state index contributed by atoms with van der Waals surface area (Å²) in [4.78, 5) is 33.8. The van der Waals surface area contributed by atoms with Crippen LogP contribution < -0.4 is 9.96 Å². The Morgan fingerprint density at radius 3 is 2.10 bits per heavy atom. The third-order valence-corrected chi connectivity index (χ3v) is 6.11. The summed E-state index contributed by atoms with van der Waals surface area (Å²) in [5.41, 5.74) is 1.46. The van der Waals surface area contributed by atoms with Crippen molar-refractivity contribution in [2.45, 2.75) is 12.1 Å². The standard InChI is InChI=1S/C23H15Cl2FN2O3/c24-16-7-4-8-17(25)20(16)27-22(29)18-19(13-9-11-14(26)12-10-13)28(31-21(18)23(27)30)15-5-2-1-3-6-15/h1-12,18-19,21H/t18-,19-,21+/m0/s1. The maximum absolute atomic E-state index is 13.6. The number of halogens is 3. The van der Waals surface area contributed by atoms with Crippen molar-refractivity contribution in [3.63, 3.8) is 0 Å². The number of carbonyl (C=O) groups is 2. The summed E-state index contributed by atoms with van der Waals surface area (Å²) >= 11 is 12.5. The third kappa shape index (κ3) is 3.19. The average Bonchev–Trinajstić information content (AvgIpc) is 3.27. The maximum Gasteiger partial charge on any atom is 0.266 e. The Morgan fingerprint density at radius 2 is 1.45 bits per heavy atom. The molecule has 0 aliphatic carbocycles. The van der Waals surface area contributed by atoms with Crippen LogP contribution in [0.3, 0.4) is 0 Å². The second-order valence-corrected chi connectivity index (χ2v) is 8.11. The molecule has 3 atom stereocenters. The van der Waals surface area contributed by atoms with Crippen LogP contribution in [0.25, 0.3) is 0 Å². The van der Waals surface area contributed by atoms with E-state index in [1.54, 1.807) is 35.4 Å². The smallest absolute Gasteiger partial charge is 0.266 e. The molecule has 5 nitrogen and oxygen atoms in total. The lowest BCUT2D eigenvalue weighted by molar-refractivity contribution is -0.126. The largest absolute Gasteiger partial charge is 0.273 e. The van der Waals surface area contributed by atoms with Gasteiger partial charge in [0.05, 0.1) is 27.5 Å². The fourth-order valence-electron chi connectivity index (χ4n) is 4.14. The van der Waals surface area contributed by atoms with Gasteiger partial charge in [-0.3, -0.25) is 14.4 Å². The molecule has 3 aromatic rings. The van der Waals surface area contributed by atoms with Crippen LogP contribution in [0.5, 0.6) is 0 Å². The average molecular weight is 457 g/mol. The highest BCUT2D eigenvalue weighted by atomic mass is 35.5. The first-order chi connectivity index (χ1) is 15.0. The number of anilines is 2. The third-order valence-electron chi connectivity index (χ3n) is 5.50. The van der Waals surface area contributed by atoms with Gasteiger partial charge in [0, 0.05) is 0 Å². The van der Waals surface area contributed by atoms with E-state index in [2.05, 4.69) is 0 Å². The molecule has 2 aliphatic heterocycles. The van der Waals surface area contributed by atoms with E-state index in [1.807, 2.05) is 30.3 Å². The molecular formula is C23H15Cl2FN2O3. The summed E-state index contributed by atoms with van der Waals surface area (Å²) in [7, 11) is 0. The molecule has 2 heterocycles. The van der Waals surface area contributed by atoms with E-state index < -0.39 is 35.7 Å². The molecule has 0 radical (unpaired) electrons. The molecule has 2 aliphatic rings. The van der Waals surface area contributed by atoms with E-state index in [-0.39, 0.29) is 15.7 Å². The molecule has 31 heavy (non-hydrogen) atoms. The molecule has 0 unspecified atom stereocenters. The van der Waals surface area contributed by atoms with Crippen LogP contribution in [-0.2, 0) is 14.4 Å². The summed E-state index contributed by atoms with van der Waals surface area (Å²) in [6, 6.07) is 19.1. The number of nitrogens with zero attached hydrogens (tertiary/aromatic N) is 2. The molecule has 0 aromatic heterocycles. The second-order valence-electron chi connectivity index (χ2n) is 7.29. The van der Waals surface area contributed by atoms with Gasteiger partial charge in [-0.1, -0.05) is 59.6 Å². The first kappa shape index (κ1) is 20.0. The van der Waals surface area contributed by atoms with Gasteiger partial charge in [0.2, 0.25) is 5.91 Å². The number of carbonyl (C=O) groups excluding carboxylic acids is 2. The van der Waals surface area contributed by atoms with Crippen molar-refractivity contribution in [2.75, 3.05) is 9.96 Å². The van der Waals surface area contributed by atoms with E-state index >= 15 is 0 Å². The Morgan fingerprint density at radius 1 is 0.806 bits per heavy atom. The molecule has 3 aromatic carbocycles. The van der Waals surface area contributed by atoms with Gasteiger partial charge in [0.25, 0.3) is 5.91 Å². The molecule has 5 rings (SSSR count). The molecule has 2 amide bonds. The first-order valence-corrected chi connectivity index (χ1v) is 10.3. The van der Waals surface area contributed by atoms with Crippen molar-refractivity contribution < 1.29 is 18.8 Å². The topological polar surface area (TPSA) is 49.9 Å². The molecule has 0 saturated carbocycles. The van der Waals surface area contributed by atoms with Crippen molar-refractivity contribution in [3.8, 4) is 0 Å². The molecule has 2 fully saturated rings. The number of para-hydroxylation sites is 2. The number of amides is 2. The summed E-state index contributed by atoms with van der Waals surface area (Å²) in [5.74, 6) is -2.28. The van der Waals surface area contributed by atoms with Gasteiger partial charge < -0.3 is 0 Å². The van der Waals surface area contributed by atoms with E-state index in [4.69, 9.17) is 28.0 Å². The van der Waals surface area contributed by atoms with Gasteiger partial charge in [-0.15, -0.1) is 0 Å². The summed E-state index contributed by atoms with van der Waals surface area (Å²) in [6.07, 6.45) is -1.06. The summed E-state index contributed by atoms with van der Waals surface area (Å²) < 4.78 is 13.6. The SMILES string of the molecule is O=C1[C@@H]2[C@@H](ON(c3ccccc3)[C@H]2c2ccc(F)cc2)C(=O)N1c1c(Cl)cccc1Cl. The number of fused-ring (bicyclic) bond motifs is 1. The number of benzene rings is 3. The lowest BCUT2D eigenvalue weighted by Crippen LogP contribution is -2.37. The van der Waals surface area contributed by atoms with Crippen LogP contribution in [0.2, 0.25) is 10.0 Å². The van der Waals surface area contributed by atoms with Gasteiger partial charge in [-0.25, -0.2) is 14.4 Å². The Balaban J connectivity index is 1.61. The van der Waals surface area contributed by atoms with E-state index in [9.17, 15) is 14.0 Å². The predicted octanol–water partition coefficient (Wildman–Crippen LogP) is 5.18. The zero-order valence-corrected chi connectivity index (χ0v) is 17.4. The van der Waals surface area contributed by atoms with Gasteiger partial charge in [-0.2, -0.15) is 0 Å². The molecule has 8 heteroatoms. The predicted molar refractivity (Wildman–Crippen MR) is 115 cm³/mol. The molecule has 0 bridgehead atoms. The Hall–Kier alpha value is -2.93. The summed E-state index contributed by atoms with van der Waals surface area (Å²) in [6.45, 7) is 0. The van der Waals surface area contributed by atoms with Gasteiger partial charge in [0.1, 0.15) is 11.7 Å². The highest BCUT2D eigenvalue weighted by molar-refractivity contribution is 6.42. The van der Waals surface area contributed by atoms with Crippen LogP contribution in [0, 0.1) is 11.7 Å². The van der Waals surface area contributed by atoms with Crippen molar-refractivity contribution >= 4 is 46.4 Å². The molecule has 156 valence electrons. The Labute approximate surface area is 187 Å². The van der Waals surface area contributed by atoms with Gasteiger partial charge in [-0.05, 0) is 42.0 Å². The molecule has 0 N–H and O–H groups in total. The highest BCUT2D eigenvalue weighted by Gasteiger charge is 2.60. The minimum Gasteiger partial charge on any atom is -0.273 e. The fourth-order valence-corrected chi connectivity index (χ4v) is 4.70. The number of rotatable bonds is 3. The monoisotopic (exact) mass is 456 g/mol. The lowest BCUT2D eigenvalue weighted by atomic mass is 9.90. The quantitative estimate of drug-likeness (QED) is 0.509. The van der Waals surface area contributed by atoms with Crippen molar-refractivity contribution in [1.29, 1.82) is 0 Å². The van der Waals surface area contributed by atoms with Crippen molar-refractivity contribution in [2.24, 2.45) is 5.92 Å². The normalized spacial score (nSPS) is 22.9. The minimum atomic E-state index is -1.06. The molecule has 0 spiro atoms. The molecule has 2 saturated heterocycles. The van der Waals surface area contributed by atoms with Crippen LogP contribution in [0.1, 0.15) is 11.6 Å². The van der Waals surface area contributed by atoms with Crippen LogP contribution in [0.15, 0.2) is 72.8 Å². The number of hydrogen-bond donors (Lipinski definition) is 0. The van der Waals surface area contributed by atoms with Crippen molar-refractivity contribution in [1.82, 2.24) is 0 Å². The lowest BCUT2D eigenvalue weighted by Gasteiger charge is -2.29. The maximum atomic E-state index is 13.6. The Kier molecular flexibility index (Phi) is 4.93. The van der Waals surface area contributed by atoms with Crippen LogP contribution >= 0.6 is 23.2 Å². The van der Waals surface area contributed by atoms with Crippen LogP contribution in [0.4, 0.5) is 15.8 Å². The second kappa shape index (κ2) is 7.64. The van der Waals surface area contributed by atoms with Crippen LogP contribution in [-0.4, -0.2) is 17.9 Å². The van der Waals surface area contributed by atoms with Gasteiger partial charge >= 0.3 is 0 Å². The van der Waals surface area contributed by atoms with E-state index in [0.29, 0.717) is 11.3 Å². The molecular weight excluding hydrogens is 442 g/mol. The number of hydroxylamine groups is 1. The Bertz CT molecular complexity index is 1150.